The summed E-state index contributed by atoms with van der Waals surface area (Å²) in [6.07, 6.45) is 0. The number of benzene rings is 3. The zero-order chi connectivity index (χ0) is 16.9. The van der Waals surface area contributed by atoms with Crippen molar-refractivity contribution in [2.24, 2.45) is 5.73 Å². The lowest BCUT2D eigenvalue weighted by molar-refractivity contribution is -0.132. The summed E-state index contributed by atoms with van der Waals surface area (Å²) in [5.41, 5.74) is 9.86. The Morgan fingerprint density at radius 2 is 1.29 bits per heavy atom. The molecule has 0 amide bonds. The molecule has 0 spiro atoms. The predicted molar refractivity (Wildman–Crippen MR) is 96.2 cm³/mol. The van der Waals surface area contributed by atoms with E-state index >= 15 is 0 Å². The van der Waals surface area contributed by atoms with Crippen LogP contribution in [-0.4, -0.2) is 11.1 Å². The molecule has 0 saturated carbocycles. The van der Waals surface area contributed by atoms with E-state index in [1.807, 2.05) is 84.9 Å². The molecule has 0 radical (unpaired) electrons. The zero-order valence-electron chi connectivity index (χ0n) is 13.0. The molecule has 3 N–H and O–H groups in total. The number of rotatable bonds is 4. The van der Waals surface area contributed by atoms with Crippen molar-refractivity contribution < 1.29 is 9.90 Å². The Labute approximate surface area is 140 Å². The Balaban J connectivity index is 2.29. The van der Waals surface area contributed by atoms with E-state index in [4.69, 9.17) is 5.73 Å². The molecule has 0 saturated heterocycles. The number of nitrogens with two attached hydrogens (primary N) is 1. The minimum Gasteiger partial charge on any atom is -0.477 e. The summed E-state index contributed by atoms with van der Waals surface area (Å²) in [7, 11) is 0. The molecule has 0 aromatic heterocycles. The van der Waals surface area contributed by atoms with E-state index in [2.05, 4.69) is 0 Å². The molecule has 24 heavy (non-hydrogen) atoms. The van der Waals surface area contributed by atoms with Gasteiger partial charge < -0.3 is 10.8 Å². The van der Waals surface area contributed by atoms with Crippen LogP contribution < -0.4 is 5.73 Å². The van der Waals surface area contributed by atoms with Gasteiger partial charge in [0.05, 0.1) is 0 Å². The van der Waals surface area contributed by atoms with Crippen LogP contribution >= 0.6 is 0 Å². The van der Waals surface area contributed by atoms with Gasteiger partial charge in [-0.2, -0.15) is 0 Å². The highest BCUT2D eigenvalue weighted by Crippen LogP contribution is 2.33. The number of carboxylic acid groups (broad SMARTS) is 1. The standard InChI is InChI=1S/C21H17NO2/c22-20(21(23)24)19(16-11-5-2-6-12-16)18-14-8-7-13-17(18)15-9-3-1-4-10-15/h1-14H,22H2,(H,23,24). The van der Waals surface area contributed by atoms with Crippen LogP contribution in [0.4, 0.5) is 0 Å². The van der Waals surface area contributed by atoms with E-state index < -0.39 is 5.97 Å². The minimum atomic E-state index is -1.13. The number of hydrogen-bond donors (Lipinski definition) is 2. The second-order valence-corrected chi connectivity index (χ2v) is 5.37. The zero-order valence-corrected chi connectivity index (χ0v) is 13.0. The van der Waals surface area contributed by atoms with Crippen molar-refractivity contribution in [2.45, 2.75) is 0 Å². The summed E-state index contributed by atoms with van der Waals surface area (Å²) in [5, 5.41) is 9.45. The SMILES string of the molecule is NC(C(=O)O)=C(c1ccccc1)c1ccccc1-c1ccccc1. The van der Waals surface area contributed by atoms with E-state index in [-0.39, 0.29) is 5.70 Å². The molecule has 3 aromatic rings. The number of hydrogen-bond acceptors (Lipinski definition) is 2. The topological polar surface area (TPSA) is 63.3 Å². The fourth-order valence-electron chi connectivity index (χ4n) is 2.74. The van der Waals surface area contributed by atoms with Gasteiger partial charge in [-0.1, -0.05) is 84.9 Å². The van der Waals surface area contributed by atoms with Gasteiger partial charge in [0.2, 0.25) is 0 Å². The van der Waals surface area contributed by atoms with Crippen molar-refractivity contribution in [1.82, 2.24) is 0 Å². The van der Waals surface area contributed by atoms with Gasteiger partial charge in [0, 0.05) is 5.57 Å². The molecule has 3 nitrogen and oxygen atoms in total. The average molecular weight is 315 g/mol. The van der Waals surface area contributed by atoms with Crippen molar-refractivity contribution in [3.8, 4) is 11.1 Å². The first-order valence-corrected chi connectivity index (χ1v) is 7.62. The highest BCUT2D eigenvalue weighted by atomic mass is 16.4. The Hall–Kier alpha value is -3.33. The molecule has 118 valence electrons. The first-order valence-electron chi connectivity index (χ1n) is 7.62. The summed E-state index contributed by atoms with van der Waals surface area (Å²) in [6.45, 7) is 0. The van der Waals surface area contributed by atoms with E-state index in [0.29, 0.717) is 5.57 Å². The maximum absolute atomic E-state index is 11.6. The lowest BCUT2D eigenvalue weighted by Gasteiger charge is -2.15. The van der Waals surface area contributed by atoms with E-state index in [1.54, 1.807) is 0 Å². The van der Waals surface area contributed by atoms with Crippen molar-refractivity contribution >= 4 is 11.5 Å². The normalized spacial score (nSPS) is 11.7. The van der Waals surface area contributed by atoms with Gasteiger partial charge >= 0.3 is 5.97 Å². The van der Waals surface area contributed by atoms with Gasteiger partial charge in [0.15, 0.2) is 0 Å². The maximum Gasteiger partial charge on any atom is 0.352 e. The van der Waals surface area contributed by atoms with Gasteiger partial charge in [0.1, 0.15) is 5.70 Å². The molecule has 0 aliphatic heterocycles. The molecule has 0 atom stereocenters. The third kappa shape index (κ3) is 3.06. The molecule has 3 rings (SSSR count). The fraction of sp³-hybridized carbons (Fsp3) is 0. The van der Waals surface area contributed by atoms with Gasteiger partial charge in [-0.25, -0.2) is 4.79 Å². The van der Waals surface area contributed by atoms with Crippen LogP contribution in [-0.2, 0) is 4.79 Å². The van der Waals surface area contributed by atoms with Crippen LogP contribution in [0.5, 0.6) is 0 Å². The van der Waals surface area contributed by atoms with E-state index in [1.165, 1.54) is 0 Å². The second kappa shape index (κ2) is 6.84. The molecular weight excluding hydrogens is 298 g/mol. The summed E-state index contributed by atoms with van der Waals surface area (Å²) >= 11 is 0. The first-order chi connectivity index (χ1) is 11.7. The minimum absolute atomic E-state index is 0.162. The highest BCUT2D eigenvalue weighted by molar-refractivity contribution is 6.02. The fourth-order valence-corrected chi connectivity index (χ4v) is 2.74. The molecule has 0 aliphatic carbocycles. The van der Waals surface area contributed by atoms with Crippen LogP contribution in [0.25, 0.3) is 16.7 Å². The quantitative estimate of drug-likeness (QED) is 0.711. The Morgan fingerprint density at radius 3 is 1.92 bits per heavy atom. The van der Waals surface area contributed by atoms with E-state index in [9.17, 15) is 9.90 Å². The van der Waals surface area contributed by atoms with Crippen LogP contribution in [0, 0.1) is 0 Å². The molecule has 0 fully saturated rings. The molecule has 3 heteroatoms. The van der Waals surface area contributed by atoms with Crippen LogP contribution in [0.1, 0.15) is 11.1 Å². The molecule has 0 unspecified atom stereocenters. The van der Waals surface area contributed by atoms with Crippen molar-refractivity contribution in [1.29, 1.82) is 0 Å². The third-order valence-electron chi connectivity index (χ3n) is 3.84. The molecule has 0 bridgehead atoms. The Kier molecular flexibility index (Phi) is 4.43. The van der Waals surface area contributed by atoms with Gasteiger partial charge in [-0.15, -0.1) is 0 Å². The predicted octanol–water partition coefficient (Wildman–Crippen LogP) is 4.16. The van der Waals surface area contributed by atoms with Gasteiger partial charge in [-0.3, -0.25) is 0 Å². The van der Waals surface area contributed by atoms with Gasteiger partial charge in [0.25, 0.3) is 0 Å². The lowest BCUT2D eigenvalue weighted by atomic mass is 9.89. The Morgan fingerprint density at radius 1 is 0.750 bits per heavy atom. The summed E-state index contributed by atoms with van der Waals surface area (Å²) in [4.78, 5) is 11.6. The van der Waals surface area contributed by atoms with Crippen LogP contribution in [0.15, 0.2) is 90.6 Å². The third-order valence-corrected chi connectivity index (χ3v) is 3.84. The van der Waals surface area contributed by atoms with Crippen molar-refractivity contribution in [3.05, 3.63) is 102 Å². The summed E-state index contributed by atoms with van der Waals surface area (Å²) in [5.74, 6) is -1.13. The lowest BCUT2D eigenvalue weighted by Crippen LogP contribution is -2.14. The van der Waals surface area contributed by atoms with E-state index in [0.717, 1.165) is 22.3 Å². The molecule has 3 aromatic carbocycles. The Bertz CT molecular complexity index is 884. The molecule has 0 heterocycles. The largest absolute Gasteiger partial charge is 0.477 e. The first kappa shape index (κ1) is 15.6. The molecule has 0 aliphatic rings. The van der Waals surface area contributed by atoms with Crippen LogP contribution in [0.3, 0.4) is 0 Å². The monoisotopic (exact) mass is 315 g/mol. The smallest absolute Gasteiger partial charge is 0.352 e. The number of aliphatic carboxylic acids is 1. The maximum atomic E-state index is 11.6. The van der Waals surface area contributed by atoms with Gasteiger partial charge in [-0.05, 0) is 22.3 Å². The van der Waals surface area contributed by atoms with Crippen molar-refractivity contribution in [2.75, 3.05) is 0 Å². The average Bonchev–Trinajstić information content (AvgIpc) is 2.64. The second-order valence-electron chi connectivity index (χ2n) is 5.37. The number of carboxylic acids is 1. The van der Waals surface area contributed by atoms with Crippen LogP contribution in [0.2, 0.25) is 0 Å². The summed E-state index contributed by atoms with van der Waals surface area (Å²) < 4.78 is 0. The molecular formula is C21H17NO2. The highest BCUT2D eigenvalue weighted by Gasteiger charge is 2.18. The van der Waals surface area contributed by atoms with Crippen molar-refractivity contribution in [3.63, 3.8) is 0 Å². The number of carbonyl (C=O) groups is 1. The summed E-state index contributed by atoms with van der Waals surface area (Å²) in [6, 6.07) is 26.9.